The number of hydrogen-bond acceptors (Lipinski definition) is 2. The third kappa shape index (κ3) is 3.78. The average Bonchev–Trinajstić information content (AvgIpc) is 2.54. The van der Waals surface area contributed by atoms with Gasteiger partial charge in [-0.2, -0.15) is 0 Å². The van der Waals surface area contributed by atoms with Crippen molar-refractivity contribution in [1.82, 2.24) is 0 Å². The van der Waals surface area contributed by atoms with E-state index in [1.807, 2.05) is 50.4 Å². The lowest BCUT2D eigenvalue weighted by molar-refractivity contribution is 0.0993. The third-order valence-electron chi connectivity index (χ3n) is 4.43. The summed E-state index contributed by atoms with van der Waals surface area (Å²) in [4.78, 5) is 16.8. The van der Waals surface area contributed by atoms with Gasteiger partial charge >= 0.3 is 0 Å². The van der Waals surface area contributed by atoms with Crippen molar-refractivity contribution in [3.63, 3.8) is 0 Å². The van der Waals surface area contributed by atoms with E-state index in [0.29, 0.717) is 11.6 Å². The van der Waals surface area contributed by atoms with Crippen LogP contribution in [-0.4, -0.2) is 25.5 Å². The molecule has 2 aromatic rings. The minimum Gasteiger partial charge on any atom is -0.369 e. The molecule has 0 N–H and O–H groups in total. The average molecular weight is 324 g/mol. The number of anilines is 2. The quantitative estimate of drug-likeness (QED) is 0.787. The molecule has 0 aromatic heterocycles. The standard InChI is InChI=1S/C21H28N2O/c1-7-23(15(2)3)19-11-9-18(10-12-19)21(24)22(6)20-13-8-16(4)14-17(20)5/h8-15H,7H2,1-6H3. The summed E-state index contributed by atoms with van der Waals surface area (Å²) in [5.74, 6) is 0.0149. The van der Waals surface area contributed by atoms with Crippen molar-refractivity contribution in [2.24, 2.45) is 0 Å². The third-order valence-corrected chi connectivity index (χ3v) is 4.43. The normalized spacial score (nSPS) is 10.8. The molecule has 24 heavy (non-hydrogen) atoms. The number of nitrogens with zero attached hydrogens (tertiary/aromatic N) is 2. The summed E-state index contributed by atoms with van der Waals surface area (Å²) >= 11 is 0. The maximum Gasteiger partial charge on any atom is 0.258 e. The van der Waals surface area contributed by atoms with Crippen LogP contribution < -0.4 is 9.80 Å². The summed E-state index contributed by atoms with van der Waals surface area (Å²) in [6.45, 7) is 11.6. The fraction of sp³-hybridized carbons (Fsp3) is 0.381. The molecule has 0 unspecified atom stereocenters. The summed E-state index contributed by atoms with van der Waals surface area (Å²) in [5.41, 5.74) is 5.13. The van der Waals surface area contributed by atoms with Gasteiger partial charge in [0.15, 0.2) is 0 Å². The van der Waals surface area contributed by atoms with Crippen molar-refractivity contribution in [2.75, 3.05) is 23.4 Å². The van der Waals surface area contributed by atoms with Crippen molar-refractivity contribution in [3.05, 3.63) is 59.2 Å². The zero-order chi connectivity index (χ0) is 17.9. The van der Waals surface area contributed by atoms with E-state index in [4.69, 9.17) is 0 Å². The molecule has 0 saturated heterocycles. The Balaban J connectivity index is 2.23. The molecule has 0 saturated carbocycles. The van der Waals surface area contributed by atoms with Gasteiger partial charge in [-0.15, -0.1) is 0 Å². The van der Waals surface area contributed by atoms with E-state index in [1.54, 1.807) is 4.90 Å². The van der Waals surface area contributed by atoms with Gasteiger partial charge in [-0.05, 0) is 70.5 Å². The highest BCUT2D eigenvalue weighted by Crippen LogP contribution is 2.23. The van der Waals surface area contributed by atoms with Gasteiger partial charge in [-0.3, -0.25) is 4.79 Å². The second-order valence-electron chi connectivity index (χ2n) is 6.58. The van der Waals surface area contributed by atoms with E-state index in [9.17, 15) is 4.79 Å². The largest absolute Gasteiger partial charge is 0.369 e. The topological polar surface area (TPSA) is 23.6 Å². The van der Waals surface area contributed by atoms with Crippen LogP contribution in [0.25, 0.3) is 0 Å². The fourth-order valence-corrected chi connectivity index (χ4v) is 3.13. The van der Waals surface area contributed by atoms with Crippen molar-refractivity contribution in [1.29, 1.82) is 0 Å². The van der Waals surface area contributed by atoms with Crippen LogP contribution in [-0.2, 0) is 0 Å². The molecule has 0 fully saturated rings. The van der Waals surface area contributed by atoms with Gasteiger partial charge in [0.05, 0.1) is 0 Å². The van der Waals surface area contributed by atoms with Crippen LogP contribution >= 0.6 is 0 Å². The number of aryl methyl sites for hydroxylation is 2. The van der Waals surface area contributed by atoms with Crippen molar-refractivity contribution >= 4 is 17.3 Å². The van der Waals surface area contributed by atoms with E-state index >= 15 is 0 Å². The zero-order valence-electron chi connectivity index (χ0n) is 15.6. The molecule has 0 atom stereocenters. The Hall–Kier alpha value is -2.29. The van der Waals surface area contributed by atoms with E-state index in [0.717, 1.165) is 23.5 Å². The molecule has 0 aliphatic heterocycles. The lowest BCUT2D eigenvalue weighted by Gasteiger charge is -2.27. The molecule has 128 valence electrons. The molecule has 2 rings (SSSR count). The molecule has 0 spiro atoms. The Kier molecular flexibility index (Phi) is 5.66. The van der Waals surface area contributed by atoms with Crippen LogP contribution in [0.15, 0.2) is 42.5 Å². The van der Waals surface area contributed by atoms with E-state index in [-0.39, 0.29) is 5.91 Å². The summed E-state index contributed by atoms with van der Waals surface area (Å²) in [5, 5.41) is 0. The Bertz CT molecular complexity index is 704. The maximum atomic E-state index is 12.8. The number of amides is 1. The molecule has 0 aliphatic carbocycles. The Labute approximate surface area is 145 Å². The molecule has 0 bridgehead atoms. The number of rotatable bonds is 5. The summed E-state index contributed by atoms with van der Waals surface area (Å²) in [7, 11) is 1.83. The lowest BCUT2D eigenvalue weighted by atomic mass is 10.1. The molecule has 1 amide bonds. The van der Waals surface area contributed by atoms with E-state index < -0.39 is 0 Å². The van der Waals surface area contributed by atoms with Gasteiger partial charge in [-0.25, -0.2) is 0 Å². The van der Waals surface area contributed by atoms with Crippen LogP contribution in [0.2, 0.25) is 0 Å². The van der Waals surface area contributed by atoms with Gasteiger partial charge in [0, 0.05) is 36.6 Å². The SMILES string of the molecule is CCN(c1ccc(C(=O)N(C)c2ccc(C)cc2C)cc1)C(C)C. The molecule has 2 aromatic carbocycles. The Morgan fingerprint density at radius 2 is 1.67 bits per heavy atom. The van der Waals surface area contributed by atoms with Crippen LogP contribution in [0.1, 0.15) is 42.3 Å². The van der Waals surface area contributed by atoms with Gasteiger partial charge in [0.25, 0.3) is 5.91 Å². The van der Waals surface area contributed by atoms with E-state index in [2.05, 4.69) is 38.7 Å². The van der Waals surface area contributed by atoms with E-state index in [1.165, 1.54) is 5.56 Å². The van der Waals surface area contributed by atoms with Crippen LogP contribution in [0.5, 0.6) is 0 Å². The number of carbonyl (C=O) groups excluding carboxylic acids is 1. The Morgan fingerprint density at radius 1 is 1.04 bits per heavy atom. The molecular weight excluding hydrogens is 296 g/mol. The number of hydrogen-bond donors (Lipinski definition) is 0. The smallest absolute Gasteiger partial charge is 0.258 e. The molecule has 0 aliphatic rings. The molecule has 0 heterocycles. The van der Waals surface area contributed by atoms with Gasteiger partial charge < -0.3 is 9.80 Å². The second-order valence-corrected chi connectivity index (χ2v) is 6.58. The number of carbonyl (C=O) groups is 1. The van der Waals surface area contributed by atoms with Crippen LogP contribution in [0, 0.1) is 13.8 Å². The molecular formula is C21H28N2O. The summed E-state index contributed by atoms with van der Waals surface area (Å²) < 4.78 is 0. The lowest BCUT2D eigenvalue weighted by Crippen LogP contribution is -2.30. The second kappa shape index (κ2) is 7.52. The zero-order valence-corrected chi connectivity index (χ0v) is 15.6. The Morgan fingerprint density at radius 3 is 2.17 bits per heavy atom. The van der Waals surface area contributed by atoms with Crippen molar-refractivity contribution < 1.29 is 4.79 Å². The highest BCUT2D eigenvalue weighted by molar-refractivity contribution is 6.06. The minimum absolute atomic E-state index is 0.0149. The maximum absolute atomic E-state index is 12.8. The molecule has 3 nitrogen and oxygen atoms in total. The minimum atomic E-state index is 0.0149. The first-order valence-electron chi connectivity index (χ1n) is 8.57. The van der Waals surface area contributed by atoms with Crippen molar-refractivity contribution in [3.8, 4) is 0 Å². The van der Waals surface area contributed by atoms with Gasteiger partial charge in [-0.1, -0.05) is 17.7 Å². The first-order valence-corrected chi connectivity index (χ1v) is 8.57. The van der Waals surface area contributed by atoms with Gasteiger partial charge in [0.1, 0.15) is 0 Å². The first-order chi connectivity index (χ1) is 11.3. The predicted molar refractivity (Wildman–Crippen MR) is 103 cm³/mol. The number of benzene rings is 2. The predicted octanol–water partition coefficient (Wildman–Crippen LogP) is 4.81. The van der Waals surface area contributed by atoms with Crippen molar-refractivity contribution in [2.45, 2.75) is 40.7 Å². The van der Waals surface area contributed by atoms with Crippen LogP contribution in [0.4, 0.5) is 11.4 Å². The highest BCUT2D eigenvalue weighted by Gasteiger charge is 2.16. The first kappa shape index (κ1) is 18.1. The highest BCUT2D eigenvalue weighted by atomic mass is 16.2. The summed E-state index contributed by atoms with van der Waals surface area (Å²) in [6.07, 6.45) is 0. The monoisotopic (exact) mass is 324 g/mol. The summed E-state index contributed by atoms with van der Waals surface area (Å²) in [6, 6.07) is 14.5. The molecule has 3 heteroatoms. The fourth-order valence-electron chi connectivity index (χ4n) is 3.13. The van der Waals surface area contributed by atoms with Crippen LogP contribution in [0.3, 0.4) is 0 Å². The molecule has 0 radical (unpaired) electrons. The van der Waals surface area contributed by atoms with Gasteiger partial charge in [0.2, 0.25) is 0 Å².